The van der Waals surface area contributed by atoms with Gasteiger partial charge in [0.05, 0.1) is 11.4 Å². The number of benzene rings is 2. The quantitative estimate of drug-likeness (QED) is 0.438. The molecule has 0 fully saturated rings. The van der Waals surface area contributed by atoms with Gasteiger partial charge in [-0.05, 0) is 63.1 Å². The number of carbonyl (C=O) groups excluding carboxylic acids is 1. The summed E-state index contributed by atoms with van der Waals surface area (Å²) in [5.41, 5.74) is 9.00. The summed E-state index contributed by atoms with van der Waals surface area (Å²) < 4.78 is 2.02. The van der Waals surface area contributed by atoms with Gasteiger partial charge in [-0.2, -0.15) is 0 Å². The molecule has 0 bridgehead atoms. The van der Waals surface area contributed by atoms with Crippen LogP contribution in [0.2, 0.25) is 0 Å². The number of imidazole rings is 1. The summed E-state index contributed by atoms with van der Waals surface area (Å²) in [5, 5.41) is 2.97. The zero-order valence-corrected chi connectivity index (χ0v) is 17.7. The van der Waals surface area contributed by atoms with Crippen molar-refractivity contribution in [3.05, 3.63) is 94.8 Å². The van der Waals surface area contributed by atoms with Crippen LogP contribution >= 0.6 is 0 Å². The Morgan fingerprint density at radius 1 is 0.900 bits per heavy atom. The predicted octanol–water partition coefficient (Wildman–Crippen LogP) is 5.89. The molecule has 0 atom stereocenters. The van der Waals surface area contributed by atoms with Gasteiger partial charge in [-0.15, -0.1) is 0 Å². The van der Waals surface area contributed by atoms with E-state index in [9.17, 15) is 4.79 Å². The first-order valence-electron chi connectivity index (χ1n) is 10.0. The van der Waals surface area contributed by atoms with E-state index in [4.69, 9.17) is 4.98 Å². The Labute approximate surface area is 176 Å². The fraction of sp³-hybridized carbons (Fsp3) is 0.154. The molecule has 0 unspecified atom stereocenters. The first kappa shape index (κ1) is 19.6. The number of carbonyl (C=O) groups is 1. The molecule has 4 aromatic rings. The van der Waals surface area contributed by atoms with E-state index < -0.39 is 0 Å². The topological polar surface area (TPSA) is 46.4 Å². The monoisotopic (exact) mass is 395 g/mol. The van der Waals surface area contributed by atoms with Crippen molar-refractivity contribution in [1.82, 2.24) is 9.38 Å². The number of rotatable bonds is 4. The number of anilines is 1. The van der Waals surface area contributed by atoms with Gasteiger partial charge in [-0.1, -0.05) is 47.5 Å². The molecule has 30 heavy (non-hydrogen) atoms. The molecule has 4 rings (SSSR count). The van der Waals surface area contributed by atoms with Gasteiger partial charge in [-0.3, -0.25) is 9.20 Å². The molecule has 2 aromatic heterocycles. The van der Waals surface area contributed by atoms with E-state index in [-0.39, 0.29) is 5.91 Å². The number of amides is 1. The summed E-state index contributed by atoms with van der Waals surface area (Å²) in [7, 11) is 0. The minimum atomic E-state index is -0.168. The Kier molecular flexibility index (Phi) is 5.23. The molecule has 4 nitrogen and oxygen atoms in total. The van der Waals surface area contributed by atoms with Crippen LogP contribution in [-0.4, -0.2) is 15.3 Å². The molecule has 0 radical (unpaired) electrons. The molecular weight excluding hydrogens is 370 g/mol. The summed E-state index contributed by atoms with van der Waals surface area (Å²) in [6, 6.07) is 18.4. The number of nitrogens with zero attached hydrogens (tertiary/aromatic N) is 2. The van der Waals surface area contributed by atoms with Crippen molar-refractivity contribution in [2.75, 3.05) is 5.32 Å². The lowest BCUT2D eigenvalue weighted by Crippen LogP contribution is -2.09. The lowest BCUT2D eigenvalue weighted by molar-refractivity contribution is -0.111. The van der Waals surface area contributed by atoms with Gasteiger partial charge in [-0.25, -0.2) is 4.98 Å². The minimum Gasteiger partial charge on any atom is -0.322 e. The third kappa shape index (κ3) is 4.03. The van der Waals surface area contributed by atoms with E-state index >= 15 is 0 Å². The molecule has 0 spiro atoms. The van der Waals surface area contributed by atoms with Gasteiger partial charge in [0.2, 0.25) is 5.91 Å². The second-order valence-electron chi connectivity index (χ2n) is 7.78. The Balaban J connectivity index is 1.70. The number of fused-ring (bicyclic) bond motifs is 1. The number of nitrogens with one attached hydrogen (secondary N) is 1. The van der Waals surface area contributed by atoms with Crippen LogP contribution in [0.15, 0.2) is 66.9 Å². The van der Waals surface area contributed by atoms with E-state index in [1.807, 2.05) is 61.7 Å². The molecule has 0 saturated heterocycles. The Morgan fingerprint density at radius 3 is 2.33 bits per heavy atom. The SMILES string of the molecule is Cc1ccc(-c2nc3cc(C)ccn3c2/C=C/C(=O)Nc2ccc(C)cc2C)cc1. The van der Waals surface area contributed by atoms with Crippen LogP contribution < -0.4 is 5.32 Å². The minimum absolute atomic E-state index is 0.168. The Hall–Kier alpha value is -3.66. The molecule has 2 heterocycles. The molecule has 0 aliphatic rings. The zero-order valence-electron chi connectivity index (χ0n) is 17.7. The molecule has 0 aliphatic carbocycles. The summed E-state index contributed by atoms with van der Waals surface area (Å²) in [5.74, 6) is -0.168. The average molecular weight is 396 g/mol. The van der Waals surface area contributed by atoms with E-state index in [2.05, 4.69) is 42.6 Å². The smallest absolute Gasteiger partial charge is 0.248 e. The standard InChI is InChI=1S/C26H25N3O/c1-17-5-8-21(9-6-17)26-23(29-14-13-19(3)16-24(29)28-26)11-12-25(30)27-22-10-7-18(2)15-20(22)4/h5-16H,1-4H3,(H,27,30)/b12-11+. The Bertz CT molecular complexity index is 1260. The number of hydrogen-bond acceptors (Lipinski definition) is 2. The van der Waals surface area contributed by atoms with Crippen molar-refractivity contribution in [1.29, 1.82) is 0 Å². The van der Waals surface area contributed by atoms with Crippen molar-refractivity contribution >= 4 is 23.3 Å². The molecule has 1 amide bonds. The maximum absolute atomic E-state index is 12.6. The molecule has 4 heteroatoms. The Morgan fingerprint density at radius 2 is 1.60 bits per heavy atom. The third-order valence-corrected chi connectivity index (χ3v) is 5.18. The van der Waals surface area contributed by atoms with Crippen molar-refractivity contribution in [2.24, 2.45) is 0 Å². The summed E-state index contributed by atoms with van der Waals surface area (Å²) >= 11 is 0. The highest BCUT2D eigenvalue weighted by Gasteiger charge is 2.13. The van der Waals surface area contributed by atoms with Gasteiger partial charge >= 0.3 is 0 Å². The van der Waals surface area contributed by atoms with Gasteiger partial charge in [0.25, 0.3) is 0 Å². The number of pyridine rings is 1. The fourth-order valence-corrected chi connectivity index (χ4v) is 3.53. The van der Waals surface area contributed by atoms with Crippen LogP contribution in [0.5, 0.6) is 0 Å². The first-order chi connectivity index (χ1) is 14.4. The second kappa shape index (κ2) is 7.99. The number of aryl methyl sites for hydroxylation is 4. The van der Waals surface area contributed by atoms with E-state index in [0.29, 0.717) is 0 Å². The summed E-state index contributed by atoms with van der Waals surface area (Å²) in [6.45, 7) is 8.15. The molecule has 0 aliphatic heterocycles. The van der Waals surface area contributed by atoms with Gasteiger partial charge in [0, 0.05) is 23.5 Å². The second-order valence-corrected chi connectivity index (χ2v) is 7.78. The maximum atomic E-state index is 12.6. The summed E-state index contributed by atoms with van der Waals surface area (Å²) in [6.07, 6.45) is 5.40. The van der Waals surface area contributed by atoms with Crippen molar-refractivity contribution in [3.63, 3.8) is 0 Å². The van der Waals surface area contributed by atoms with Gasteiger partial charge in [0.15, 0.2) is 0 Å². The highest BCUT2D eigenvalue weighted by Crippen LogP contribution is 2.26. The van der Waals surface area contributed by atoms with Gasteiger partial charge in [0.1, 0.15) is 5.65 Å². The van der Waals surface area contributed by atoms with Crippen LogP contribution in [0.3, 0.4) is 0 Å². The fourth-order valence-electron chi connectivity index (χ4n) is 3.53. The lowest BCUT2D eigenvalue weighted by Gasteiger charge is -2.07. The maximum Gasteiger partial charge on any atom is 0.248 e. The molecular formula is C26H25N3O. The lowest BCUT2D eigenvalue weighted by atomic mass is 10.1. The van der Waals surface area contributed by atoms with Gasteiger partial charge < -0.3 is 5.32 Å². The zero-order chi connectivity index (χ0) is 21.3. The molecule has 2 aromatic carbocycles. The highest BCUT2D eigenvalue weighted by molar-refractivity contribution is 6.02. The van der Waals surface area contributed by atoms with Crippen molar-refractivity contribution < 1.29 is 4.79 Å². The number of aromatic nitrogens is 2. The van der Waals surface area contributed by atoms with E-state index in [1.54, 1.807) is 6.08 Å². The van der Waals surface area contributed by atoms with Crippen LogP contribution in [0.25, 0.3) is 23.0 Å². The van der Waals surface area contributed by atoms with Crippen molar-refractivity contribution in [3.8, 4) is 11.3 Å². The predicted molar refractivity (Wildman–Crippen MR) is 124 cm³/mol. The van der Waals surface area contributed by atoms with Crippen LogP contribution in [-0.2, 0) is 4.79 Å². The van der Waals surface area contributed by atoms with Crippen molar-refractivity contribution in [2.45, 2.75) is 27.7 Å². The van der Waals surface area contributed by atoms with Crippen LogP contribution in [0.4, 0.5) is 5.69 Å². The summed E-state index contributed by atoms with van der Waals surface area (Å²) in [4.78, 5) is 17.4. The van der Waals surface area contributed by atoms with E-state index in [1.165, 1.54) is 11.1 Å². The normalized spacial score (nSPS) is 11.3. The largest absolute Gasteiger partial charge is 0.322 e. The first-order valence-corrected chi connectivity index (χ1v) is 10.0. The molecule has 0 saturated carbocycles. The van der Waals surface area contributed by atoms with Crippen LogP contribution in [0.1, 0.15) is 27.9 Å². The van der Waals surface area contributed by atoms with Crippen LogP contribution in [0, 0.1) is 27.7 Å². The molecule has 1 N–H and O–H groups in total. The average Bonchev–Trinajstić information content (AvgIpc) is 3.06. The van der Waals surface area contributed by atoms with E-state index in [0.717, 1.165) is 39.4 Å². The highest BCUT2D eigenvalue weighted by atomic mass is 16.1. The molecule has 150 valence electrons. The number of hydrogen-bond donors (Lipinski definition) is 1. The third-order valence-electron chi connectivity index (χ3n) is 5.18.